The molecule has 3 N–H and O–H groups in total. The van der Waals surface area contributed by atoms with E-state index in [0.29, 0.717) is 22.9 Å². The zero-order chi connectivity index (χ0) is 20.4. The van der Waals surface area contributed by atoms with Crippen LogP contribution in [0, 0.1) is 0 Å². The number of rotatable bonds is 7. The highest BCUT2D eigenvalue weighted by atomic mass is 32.1. The molecule has 0 radical (unpaired) electrons. The minimum Gasteiger partial charge on any atom is -0.452 e. The second-order valence-electron chi connectivity index (χ2n) is 6.52. The molecule has 0 saturated carbocycles. The van der Waals surface area contributed by atoms with Crippen molar-refractivity contribution in [3.8, 4) is 0 Å². The first-order chi connectivity index (χ1) is 14.0. The van der Waals surface area contributed by atoms with Crippen molar-refractivity contribution in [2.24, 2.45) is 5.73 Å². The summed E-state index contributed by atoms with van der Waals surface area (Å²) in [5.74, 6) is -1.35. The predicted molar refractivity (Wildman–Crippen MR) is 104 cm³/mol. The Labute approximate surface area is 169 Å². The second kappa shape index (κ2) is 7.92. The Morgan fingerprint density at radius 2 is 2.17 bits per heavy atom. The number of esters is 1. The number of anilines is 1. The van der Waals surface area contributed by atoms with E-state index in [-0.39, 0.29) is 5.76 Å². The van der Waals surface area contributed by atoms with E-state index >= 15 is 0 Å². The standard InChI is InChI=1S/C19H18N4O5S/c20-17(25)16-12-3-1-4-14(12)29-18(16)22-15(24)10-27-19(26)13-6-5-11(28-13)9-23-8-2-7-21-23/h2,5-8H,1,3-4,9-10H2,(H2,20,25)(H,22,24). The fourth-order valence-corrected chi connectivity index (χ4v) is 4.56. The first-order valence-electron chi connectivity index (χ1n) is 8.98. The molecule has 0 saturated heterocycles. The summed E-state index contributed by atoms with van der Waals surface area (Å²) in [7, 11) is 0. The van der Waals surface area contributed by atoms with E-state index in [4.69, 9.17) is 14.9 Å². The quantitative estimate of drug-likeness (QED) is 0.569. The maximum atomic E-state index is 12.2. The third kappa shape index (κ3) is 4.06. The number of nitrogens with zero attached hydrogens (tertiary/aromatic N) is 2. The molecule has 0 unspecified atom stereocenters. The molecule has 10 heteroatoms. The topological polar surface area (TPSA) is 129 Å². The van der Waals surface area contributed by atoms with E-state index < -0.39 is 24.4 Å². The van der Waals surface area contributed by atoms with Crippen LogP contribution in [0.25, 0.3) is 0 Å². The Morgan fingerprint density at radius 1 is 1.31 bits per heavy atom. The normalized spacial score (nSPS) is 12.6. The number of thiophene rings is 1. The highest BCUT2D eigenvalue weighted by Crippen LogP contribution is 2.38. The first kappa shape index (κ1) is 18.9. The van der Waals surface area contributed by atoms with Crippen molar-refractivity contribution in [2.75, 3.05) is 11.9 Å². The number of nitrogens with two attached hydrogens (primary N) is 1. The smallest absolute Gasteiger partial charge is 0.374 e. The molecule has 4 rings (SSSR count). The number of primary amides is 1. The zero-order valence-electron chi connectivity index (χ0n) is 15.3. The highest BCUT2D eigenvalue weighted by Gasteiger charge is 2.26. The van der Waals surface area contributed by atoms with Gasteiger partial charge in [0.05, 0.1) is 12.1 Å². The molecule has 0 aliphatic heterocycles. The maximum Gasteiger partial charge on any atom is 0.374 e. The Hall–Kier alpha value is -3.40. The van der Waals surface area contributed by atoms with Crippen LogP contribution < -0.4 is 11.1 Å². The number of carbonyl (C=O) groups excluding carboxylic acids is 3. The lowest BCUT2D eigenvalue weighted by Gasteiger charge is -2.06. The van der Waals surface area contributed by atoms with Gasteiger partial charge in [-0.2, -0.15) is 5.10 Å². The lowest BCUT2D eigenvalue weighted by Crippen LogP contribution is -2.22. The third-order valence-electron chi connectivity index (χ3n) is 4.49. The molecular formula is C19H18N4O5S. The minimum atomic E-state index is -0.754. The van der Waals surface area contributed by atoms with Crippen molar-refractivity contribution in [1.82, 2.24) is 9.78 Å². The van der Waals surface area contributed by atoms with Gasteiger partial charge in [0, 0.05) is 17.3 Å². The lowest BCUT2D eigenvalue weighted by atomic mass is 10.1. The molecule has 1 aliphatic carbocycles. The maximum absolute atomic E-state index is 12.2. The third-order valence-corrected chi connectivity index (χ3v) is 5.70. The largest absolute Gasteiger partial charge is 0.452 e. The van der Waals surface area contributed by atoms with Gasteiger partial charge >= 0.3 is 5.97 Å². The molecule has 3 aromatic rings. The van der Waals surface area contributed by atoms with Crippen LogP contribution in [0.2, 0.25) is 0 Å². The number of aromatic nitrogens is 2. The van der Waals surface area contributed by atoms with Gasteiger partial charge < -0.3 is 20.2 Å². The summed E-state index contributed by atoms with van der Waals surface area (Å²) < 4.78 is 12.1. The van der Waals surface area contributed by atoms with Crippen molar-refractivity contribution in [2.45, 2.75) is 25.8 Å². The second-order valence-corrected chi connectivity index (χ2v) is 7.62. The molecule has 1 aliphatic rings. The summed E-state index contributed by atoms with van der Waals surface area (Å²) in [6.07, 6.45) is 6.02. The van der Waals surface area contributed by atoms with Gasteiger partial charge in [-0.25, -0.2) is 4.79 Å². The number of amides is 2. The van der Waals surface area contributed by atoms with E-state index in [9.17, 15) is 14.4 Å². The number of furan rings is 1. The predicted octanol–water partition coefficient (Wildman–Crippen LogP) is 1.97. The van der Waals surface area contributed by atoms with Gasteiger partial charge in [0.15, 0.2) is 6.61 Å². The Bertz CT molecular complexity index is 1070. The summed E-state index contributed by atoms with van der Waals surface area (Å²) in [6.45, 7) is -0.130. The molecule has 29 heavy (non-hydrogen) atoms. The van der Waals surface area contributed by atoms with Crippen LogP contribution in [0.4, 0.5) is 5.00 Å². The highest BCUT2D eigenvalue weighted by molar-refractivity contribution is 7.17. The molecule has 150 valence electrons. The fraction of sp³-hybridized carbons (Fsp3) is 0.263. The SMILES string of the molecule is NC(=O)c1c(NC(=O)COC(=O)c2ccc(Cn3cccn3)o2)sc2c1CCC2. The van der Waals surface area contributed by atoms with E-state index in [1.54, 1.807) is 29.2 Å². The van der Waals surface area contributed by atoms with Crippen LogP contribution in [-0.2, 0) is 28.9 Å². The van der Waals surface area contributed by atoms with Gasteiger partial charge in [-0.05, 0) is 43.0 Å². The number of carbonyl (C=O) groups is 3. The van der Waals surface area contributed by atoms with Crippen LogP contribution in [-0.4, -0.2) is 34.2 Å². The summed E-state index contributed by atoms with van der Waals surface area (Å²) in [4.78, 5) is 37.1. The molecule has 3 heterocycles. The molecule has 9 nitrogen and oxygen atoms in total. The van der Waals surface area contributed by atoms with Crippen LogP contribution in [0.3, 0.4) is 0 Å². The van der Waals surface area contributed by atoms with Gasteiger partial charge in [-0.1, -0.05) is 0 Å². The first-order valence-corrected chi connectivity index (χ1v) is 9.80. The number of fused-ring (bicyclic) bond motifs is 1. The van der Waals surface area contributed by atoms with Gasteiger partial charge in [0.1, 0.15) is 10.8 Å². The van der Waals surface area contributed by atoms with Gasteiger partial charge in [-0.3, -0.25) is 14.3 Å². The minimum absolute atomic E-state index is 0.00659. The fourth-order valence-electron chi connectivity index (χ4n) is 3.24. The van der Waals surface area contributed by atoms with E-state index in [2.05, 4.69) is 10.4 Å². The van der Waals surface area contributed by atoms with Gasteiger partial charge in [0.25, 0.3) is 11.8 Å². The van der Waals surface area contributed by atoms with E-state index in [1.165, 1.54) is 17.4 Å². The molecule has 0 atom stereocenters. The monoisotopic (exact) mass is 414 g/mol. The molecule has 0 fully saturated rings. The zero-order valence-corrected chi connectivity index (χ0v) is 16.2. The summed E-state index contributed by atoms with van der Waals surface area (Å²) in [5, 5.41) is 7.09. The van der Waals surface area contributed by atoms with Crippen LogP contribution in [0.1, 0.15) is 43.5 Å². The van der Waals surface area contributed by atoms with Gasteiger partial charge in [-0.15, -0.1) is 11.3 Å². The Kier molecular flexibility index (Phi) is 5.17. The van der Waals surface area contributed by atoms with Gasteiger partial charge in [0.2, 0.25) is 5.76 Å². The summed E-state index contributed by atoms with van der Waals surface area (Å²) in [6, 6.07) is 4.90. The Balaban J connectivity index is 1.34. The van der Waals surface area contributed by atoms with Crippen molar-refractivity contribution in [3.63, 3.8) is 0 Å². The van der Waals surface area contributed by atoms with Crippen LogP contribution >= 0.6 is 11.3 Å². The lowest BCUT2D eigenvalue weighted by molar-refractivity contribution is -0.119. The van der Waals surface area contributed by atoms with Crippen LogP contribution in [0.15, 0.2) is 35.0 Å². The van der Waals surface area contributed by atoms with E-state index in [0.717, 1.165) is 29.7 Å². The number of aryl methyl sites for hydroxylation is 1. The Morgan fingerprint density at radius 3 is 2.93 bits per heavy atom. The van der Waals surface area contributed by atoms with Crippen molar-refractivity contribution >= 4 is 34.1 Å². The average Bonchev–Trinajstić information content (AvgIpc) is 3.44. The average molecular weight is 414 g/mol. The number of nitrogens with one attached hydrogen (secondary N) is 1. The number of hydrogen-bond donors (Lipinski definition) is 2. The summed E-state index contributed by atoms with van der Waals surface area (Å²) in [5.41, 5.74) is 6.74. The molecule has 3 aromatic heterocycles. The molecule has 2 amide bonds. The molecule has 0 bridgehead atoms. The molecular weight excluding hydrogens is 396 g/mol. The number of ether oxygens (including phenoxy) is 1. The van der Waals surface area contributed by atoms with Crippen LogP contribution in [0.5, 0.6) is 0 Å². The molecule has 0 aromatic carbocycles. The summed E-state index contributed by atoms with van der Waals surface area (Å²) >= 11 is 1.34. The van der Waals surface area contributed by atoms with Crippen molar-refractivity contribution in [1.29, 1.82) is 0 Å². The van der Waals surface area contributed by atoms with E-state index in [1.807, 2.05) is 0 Å². The van der Waals surface area contributed by atoms with Crippen molar-refractivity contribution in [3.05, 3.63) is 58.1 Å². The van der Waals surface area contributed by atoms with Crippen molar-refractivity contribution < 1.29 is 23.5 Å². The molecule has 0 spiro atoms. The number of hydrogen-bond acceptors (Lipinski definition) is 7.